The van der Waals surface area contributed by atoms with Gasteiger partial charge in [-0.3, -0.25) is 0 Å². The maximum Gasteiger partial charge on any atom is 0.00192 e. The van der Waals surface area contributed by atoms with Crippen LogP contribution in [-0.4, -0.2) is 63.2 Å². The fourth-order valence-corrected chi connectivity index (χ4v) is 3.12. The number of nitrogens with zero attached hydrogens (tertiary/aromatic N) is 2. The van der Waals surface area contributed by atoms with Gasteiger partial charge in [0.2, 0.25) is 0 Å². The molecule has 2 saturated heterocycles. The Bertz CT molecular complexity index is 207. The molecule has 0 aromatic carbocycles. The number of hydrogen-bond donors (Lipinski definition) is 1. The average Bonchev–Trinajstić information content (AvgIpc) is 2.64. The first-order valence-corrected chi connectivity index (χ1v) is 6.82. The van der Waals surface area contributed by atoms with Crippen molar-refractivity contribution < 1.29 is 0 Å². The average molecular weight is 225 g/mol. The van der Waals surface area contributed by atoms with Crippen LogP contribution < -0.4 is 5.32 Å². The molecule has 2 aliphatic rings. The van der Waals surface area contributed by atoms with E-state index in [9.17, 15) is 0 Å². The number of nitrogens with one attached hydrogen (secondary N) is 1. The predicted octanol–water partition coefficient (Wildman–Crippen LogP) is 0.870. The molecule has 0 aromatic heterocycles. The highest BCUT2D eigenvalue weighted by atomic mass is 15.1. The summed E-state index contributed by atoms with van der Waals surface area (Å²) in [6, 6.07) is 0. The Hall–Kier alpha value is -0.120. The molecule has 2 fully saturated rings. The summed E-state index contributed by atoms with van der Waals surface area (Å²) >= 11 is 0. The first kappa shape index (κ1) is 12.3. The van der Waals surface area contributed by atoms with Crippen molar-refractivity contribution in [3.8, 4) is 0 Å². The summed E-state index contributed by atoms with van der Waals surface area (Å²) in [6.45, 7) is 7.62. The van der Waals surface area contributed by atoms with E-state index in [-0.39, 0.29) is 0 Å². The molecule has 2 heterocycles. The van der Waals surface area contributed by atoms with E-state index in [1.165, 1.54) is 58.5 Å². The lowest BCUT2D eigenvalue weighted by Crippen LogP contribution is -2.38. The van der Waals surface area contributed by atoms with Crippen molar-refractivity contribution in [2.24, 2.45) is 11.8 Å². The molecule has 0 radical (unpaired) electrons. The van der Waals surface area contributed by atoms with Crippen LogP contribution >= 0.6 is 0 Å². The summed E-state index contributed by atoms with van der Waals surface area (Å²) in [5, 5.41) is 3.68. The van der Waals surface area contributed by atoms with Gasteiger partial charge in [-0.2, -0.15) is 0 Å². The number of rotatable bonds is 4. The number of piperidine rings is 1. The van der Waals surface area contributed by atoms with E-state index in [0.29, 0.717) is 0 Å². The van der Waals surface area contributed by atoms with E-state index in [2.05, 4.69) is 29.2 Å². The second-order valence-electron chi connectivity index (χ2n) is 5.85. The monoisotopic (exact) mass is 225 g/mol. The lowest BCUT2D eigenvalue weighted by molar-refractivity contribution is 0.205. The van der Waals surface area contributed by atoms with Crippen molar-refractivity contribution in [2.45, 2.75) is 19.3 Å². The molecule has 3 heteroatoms. The minimum atomic E-state index is 0.887. The molecule has 94 valence electrons. The maximum absolute atomic E-state index is 3.68. The highest BCUT2D eigenvalue weighted by molar-refractivity contribution is 4.77. The van der Waals surface area contributed by atoms with Crippen LogP contribution in [0, 0.1) is 11.8 Å². The van der Waals surface area contributed by atoms with Gasteiger partial charge in [-0.05, 0) is 71.4 Å². The molecular formula is C13H27N3. The number of likely N-dealkylation sites (tertiary alicyclic amines) is 2. The van der Waals surface area contributed by atoms with Gasteiger partial charge >= 0.3 is 0 Å². The summed E-state index contributed by atoms with van der Waals surface area (Å²) < 4.78 is 0. The van der Waals surface area contributed by atoms with Crippen LogP contribution in [0.25, 0.3) is 0 Å². The Labute approximate surface area is 100 Å². The van der Waals surface area contributed by atoms with Crippen molar-refractivity contribution >= 4 is 0 Å². The van der Waals surface area contributed by atoms with E-state index < -0.39 is 0 Å². The molecular weight excluding hydrogens is 198 g/mol. The summed E-state index contributed by atoms with van der Waals surface area (Å²) in [6.07, 6.45) is 4.19. The van der Waals surface area contributed by atoms with Crippen molar-refractivity contribution in [3.05, 3.63) is 0 Å². The molecule has 2 unspecified atom stereocenters. The summed E-state index contributed by atoms with van der Waals surface area (Å²) in [4.78, 5) is 4.92. The van der Waals surface area contributed by atoms with Crippen molar-refractivity contribution in [3.63, 3.8) is 0 Å². The first-order valence-electron chi connectivity index (χ1n) is 6.82. The Kier molecular flexibility index (Phi) is 4.62. The molecule has 0 bridgehead atoms. The van der Waals surface area contributed by atoms with Gasteiger partial charge in [0.1, 0.15) is 0 Å². The lowest BCUT2D eigenvalue weighted by atomic mass is 9.98. The van der Waals surface area contributed by atoms with E-state index in [1.54, 1.807) is 0 Å². The third kappa shape index (κ3) is 3.72. The second kappa shape index (κ2) is 5.99. The molecule has 2 aliphatic heterocycles. The van der Waals surface area contributed by atoms with Gasteiger partial charge in [0, 0.05) is 13.1 Å². The standard InChI is InChI=1S/C13H27N3/c1-15-6-3-4-12(10-15)8-14-9-13-5-7-16(2)11-13/h12-14H,3-11H2,1-2H3. The van der Waals surface area contributed by atoms with Crippen LogP contribution in [0.1, 0.15) is 19.3 Å². The van der Waals surface area contributed by atoms with Gasteiger partial charge < -0.3 is 15.1 Å². The lowest BCUT2D eigenvalue weighted by Gasteiger charge is -2.30. The van der Waals surface area contributed by atoms with Gasteiger partial charge in [0.25, 0.3) is 0 Å². The van der Waals surface area contributed by atoms with Gasteiger partial charge in [0.15, 0.2) is 0 Å². The highest BCUT2D eigenvalue weighted by Crippen LogP contribution is 2.15. The van der Waals surface area contributed by atoms with Crippen LogP contribution in [0.15, 0.2) is 0 Å². The van der Waals surface area contributed by atoms with Crippen LogP contribution in [-0.2, 0) is 0 Å². The molecule has 2 atom stereocenters. The largest absolute Gasteiger partial charge is 0.316 e. The first-order chi connectivity index (χ1) is 7.74. The smallest absolute Gasteiger partial charge is 0.00192 e. The van der Waals surface area contributed by atoms with Crippen LogP contribution in [0.5, 0.6) is 0 Å². The minimum absolute atomic E-state index is 0.887. The molecule has 3 nitrogen and oxygen atoms in total. The van der Waals surface area contributed by atoms with Crippen molar-refractivity contribution in [2.75, 3.05) is 53.4 Å². The van der Waals surface area contributed by atoms with Crippen LogP contribution in [0.3, 0.4) is 0 Å². The fraction of sp³-hybridized carbons (Fsp3) is 1.00. The van der Waals surface area contributed by atoms with Crippen LogP contribution in [0.4, 0.5) is 0 Å². The highest BCUT2D eigenvalue weighted by Gasteiger charge is 2.20. The van der Waals surface area contributed by atoms with E-state index in [0.717, 1.165) is 11.8 Å². The van der Waals surface area contributed by atoms with Crippen molar-refractivity contribution in [1.82, 2.24) is 15.1 Å². The molecule has 0 amide bonds. The minimum Gasteiger partial charge on any atom is -0.316 e. The quantitative estimate of drug-likeness (QED) is 0.766. The van der Waals surface area contributed by atoms with E-state index >= 15 is 0 Å². The predicted molar refractivity (Wildman–Crippen MR) is 68.7 cm³/mol. The zero-order chi connectivity index (χ0) is 11.4. The Balaban J connectivity index is 1.57. The Morgan fingerprint density at radius 2 is 1.56 bits per heavy atom. The molecule has 2 rings (SSSR count). The normalized spacial score (nSPS) is 33.4. The molecule has 0 saturated carbocycles. The summed E-state index contributed by atoms with van der Waals surface area (Å²) in [7, 11) is 4.48. The van der Waals surface area contributed by atoms with Gasteiger partial charge in [0.05, 0.1) is 0 Å². The molecule has 1 N–H and O–H groups in total. The SMILES string of the molecule is CN1CCCC(CNCC2CCN(C)C2)C1. The Morgan fingerprint density at radius 1 is 0.938 bits per heavy atom. The second-order valence-corrected chi connectivity index (χ2v) is 5.85. The fourth-order valence-electron chi connectivity index (χ4n) is 3.12. The number of hydrogen-bond acceptors (Lipinski definition) is 3. The topological polar surface area (TPSA) is 18.5 Å². The molecule has 16 heavy (non-hydrogen) atoms. The van der Waals surface area contributed by atoms with Gasteiger partial charge in [-0.1, -0.05) is 0 Å². The third-order valence-electron chi connectivity index (χ3n) is 4.08. The molecule has 0 spiro atoms. The third-order valence-corrected chi connectivity index (χ3v) is 4.08. The van der Waals surface area contributed by atoms with Crippen LogP contribution in [0.2, 0.25) is 0 Å². The molecule has 0 aliphatic carbocycles. The maximum atomic E-state index is 3.68. The van der Waals surface area contributed by atoms with E-state index in [1.807, 2.05) is 0 Å². The Morgan fingerprint density at radius 3 is 2.12 bits per heavy atom. The van der Waals surface area contributed by atoms with Gasteiger partial charge in [-0.25, -0.2) is 0 Å². The van der Waals surface area contributed by atoms with E-state index in [4.69, 9.17) is 0 Å². The summed E-state index contributed by atoms with van der Waals surface area (Å²) in [5.74, 6) is 1.78. The van der Waals surface area contributed by atoms with Crippen molar-refractivity contribution in [1.29, 1.82) is 0 Å². The zero-order valence-corrected chi connectivity index (χ0v) is 10.9. The zero-order valence-electron chi connectivity index (χ0n) is 10.9. The molecule has 0 aromatic rings. The van der Waals surface area contributed by atoms with Gasteiger partial charge in [-0.15, -0.1) is 0 Å². The summed E-state index contributed by atoms with van der Waals surface area (Å²) in [5.41, 5.74) is 0.